The van der Waals surface area contributed by atoms with Crippen LogP contribution in [0, 0.1) is 12.1 Å². The maximum Gasteiger partial charge on any atom is 0.287 e. The highest BCUT2D eigenvalue weighted by molar-refractivity contribution is 6.07. The van der Waals surface area contributed by atoms with Crippen molar-refractivity contribution in [3.63, 3.8) is 0 Å². The summed E-state index contributed by atoms with van der Waals surface area (Å²) < 4.78 is 0.759. The molecule has 4 nitrogen and oxygen atoms in total. The van der Waals surface area contributed by atoms with Crippen molar-refractivity contribution in [2.75, 3.05) is 0 Å². The topological polar surface area (TPSA) is 56.9 Å². The number of rotatable bonds is 4. The summed E-state index contributed by atoms with van der Waals surface area (Å²) in [6, 6.07) is 7.25. The van der Waals surface area contributed by atoms with Crippen LogP contribution in [0.4, 0.5) is 0 Å². The highest BCUT2D eigenvalue weighted by atomic mass is 16.5. The highest BCUT2D eigenvalue weighted by Gasteiger charge is 2.29. The zero-order valence-corrected chi connectivity index (χ0v) is 13.8. The summed E-state index contributed by atoms with van der Waals surface area (Å²) in [6.07, 6.45) is 1.58. The molecule has 22 heavy (non-hydrogen) atoms. The van der Waals surface area contributed by atoms with E-state index in [9.17, 15) is 10.0 Å². The number of nitrogens with zero attached hydrogens (tertiary/aromatic N) is 2. The third-order valence-electron chi connectivity index (χ3n) is 3.68. The van der Waals surface area contributed by atoms with E-state index in [0.717, 1.165) is 10.3 Å². The largest absolute Gasteiger partial charge is 0.618 e. The Balaban J connectivity index is 2.63. The summed E-state index contributed by atoms with van der Waals surface area (Å²) >= 11 is 0. The van der Waals surface area contributed by atoms with Gasteiger partial charge in [0.05, 0.1) is 6.20 Å². The molecule has 0 bridgehead atoms. The van der Waals surface area contributed by atoms with E-state index < -0.39 is 0 Å². The maximum absolute atomic E-state index is 12.8. The molecule has 0 N–H and O–H groups in total. The smallest absolute Gasteiger partial charge is 0.287 e. The molecule has 0 saturated heterocycles. The maximum atomic E-state index is 12.8. The molecule has 4 heteroatoms. The fraction of sp³-hybridized carbons (Fsp3) is 0.389. The number of ketones is 1. The van der Waals surface area contributed by atoms with Crippen molar-refractivity contribution in [2.24, 2.45) is 0 Å². The quantitative estimate of drug-likeness (QED) is 0.493. The number of benzene rings is 1. The van der Waals surface area contributed by atoms with Gasteiger partial charge in [0.15, 0.2) is 0 Å². The Morgan fingerprint density at radius 2 is 1.68 bits per heavy atom. The van der Waals surface area contributed by atoms with Gasteiger partial charge in [-0.05, 0) is 6.92 Å². The summed E-state index contributed by atoms with van der Waals surface area (Å²) in [5.74, 6) is -0.254. The molecule has 2 rings (SSSR count). The van der Waals surface area contributed by atoms with Crippen LogP contribution in [-0.4, -0.2) is 10.8 Å². The molecule has 0 unspecified atom stereocenters. The van der Waals surface area contributed by atoms with Gasteiger partial charge in [-0.2, -0.15) is 4.73 Å². The first-order valence-corrected chi connectivity index (χ1v) is 7.56. The van der Waals surface area contributed by atoms with Crippen molar-refractivity contribution >= 4 is 5.78 Å². The molecule has 0 aliphatic heterocycles. The van der Waals surface area contributed by atoms with E-state index in [1.54, 1.807) is 18.3 Å². The van der Waals surface area contributed by atoms with Gasteiger partial charge in [0.1, 0.15) is 5.69 Å². The van der Waals surface area contributed by atoms with Crippen LogP contribution in [0.3, 0.4) is 0 Å². The van der Waals surface area contributed by atoms with Crippen LogP contribution >= 0.6 is 0 Å². The lowest BCUT2D eigenvalue weighted by Crippen LogP contribution is -2.42. The van der Waals surface area contributed by atoms with Gasteiger partial charge in [-0.1, -0.05) is 57.5 Å². The minimum Gasteiger partial charge on any atom is -0.618 e. The lowest BCUT2D eigenvalue weighted by Gasteiger charge is -2.15. The van der Waals surface area contributed by atoms with Crippen LogP contribution in [-0.2, 0) is 0 Å². The number of carbonyl (C=O) groups is 1. The van der Waals surface area contributed by atoms with Crippen LogP contribution < -0.4 is 4.73 Å². The van der Waals surface area contributed by atoms with Crippen molar-refractivity contribution in [3.05, 3.63) is 63.9 Å². The lowest BCUT2D eigenvalue weighted by molar-refractivity contribution is -0.618. The van der Waals surface area contributed by atoms with Gasteiger partial charge in [-0.25, -0.2) is 4.98 Å². The van der Waals surface area contributed by atoms with Gasteiger partial charge >= 0.3 is 0 Å². The van der Waals surface area contributed by atoms with Gasteiger partial charge in [0.2, 0.25) is 5.69 Å². The van der Waals surface area contributed by atoms with E-state index >= 15 is 0 Å². The summed E-state index contributed by atoms with van der Waals surface area (Å²) in [5, 5.41) is 12.7. The number of hydrogen-bond acceptors (Lipinski definition) is 3. The molecule has 1 aromatic heterocycles. The summed E-state index contributed by atoms with van der Waals surface area (Å²) in [7, 11) is 0. The highest BCUT2D eigenvalue weighted by Crippen LogP contribution is 2.20. The third kappa shape index (κ3) is 3.01. The van der Waals surface area contributed by atoms with Gasteiger partial charge in [0, 0.05) is 17.4 Å². The Morgan fingerprint density at radius 1 is 1.09 bits per heavy atom. The number of hydrogen-bond donors (Lipinski definition) is 0. The molecule has 0 atom stereocenters. The first-order chi connectivity index (χ1) is 10.3. The second kappa shape index (κ2) is 6.26. The molecule has 0 fully saturated rings. The lowest BCUT2D eigenvalue weighted by atomic mass is 9.99. The molecule has 1 aromatic carbocycles. The molecular formula is C18H22N2O2. The minimum atomic E-state index is -0.270. The van der Waals surface area contributed by atoms with Crippen molar-refractivity contribution in [2.45, 2.75) is 46.5 Å². The zero-order chi connectivity index (χ0) is 16.4. The second-order valence-corrected chi connectivity index (χ2v) is 6.22. The Hall–Kier alpha value is -2.23. The Morgan fingerprint density at radius 3 is 2.18 bits per heavy atom. The summed E-state index contributed by atoms with van der Waals surface area (Å²) in [4.78, 5) is 17.2. The molecule has 0 saturated carbocycles. The molecular weight excluding hydrogens is 276 g/mol. The molecule has 0 aliphatic carbocycles. The first kappa shape index (κ1) is 16.1. The number of aryl methyl sites for hydroxylation is 1. The van der Waals surface area contributed by atoms with Crippen molar-refractivity contribution in [3.8, 4) is 0 Å². The van der Waals surface area contributed by atoms with E-state index in [1.807, 2.05) is 46.8 Å². The van der Waals surface area contributed by atoms with Gasteiger partial charge < -0.3 is 5.21 Å². The SMILES string of the molecule is Cc1ccc(C(=O)c2c(C(C)C)ncc(C(C)C)[n+]2[O-])cc1. The summed E-state index contributed by atoms with van der Waals surface area (Å²) in [5.41, 5.74) is 2.79. The second-order valence-electron chi connectivity index (χ2n) is 6.22. The van der Waals surface area contributed by atoms with E-state index in [0.29, 0.717) is 17.0 Å². The fourth-order valence-electron chi connectivity index (χ4n) is 2.34. The van der Waals surface area contributed by atoms with Crippen molar-refractivity contribution < 1.29 is 9.52 Å². The number of carbonyl (C=O) groups excluding carboxylic acids is 1. The molecule has 0 spiro atoms. The van der Waals surface area contributed by atoms with Crippen LogP contribution in [0.2, 0.25) is 0 Å². The van der Waals surface area contributed by atoms with Gasteiger partial charge in [-0.15, -0.1) is 0 Å². The van der Waals surface area contributed by atoms with E-state index in [-0.39, 0.29) is 23.3 Å². The molecule has 116 valence electrons. The molecule has 0 radical (unpaired) electrons. The summed E-state index contributed by atoms with van der Waals surface area (Å²) in [6.45, 7) is 9.66. The Labute approximate surface area is 131 Å². The monoisotopic (exact) mass is 298 g/mol. The molecule has 1 heterocycles. The van der Waals surface area contributed by atoms with Gasteiger partial charge in [-0.3, -0.25) is 4.79 Å². The Kier molecular flexibility index (Phi) is 4.59. The number of aromatic nitrogens is 2. The van der Waals surface area contributed by atoms with E-state index in [2.05, 4.69) is 4.98 Å². The van der Waals surface area contributed by atoms with Gasteiger partial charge in [0.25, 0.3) is 11.5 Å². The normalized spacial score (nSPS) is 11.2. The van der Waals surface area contributed by atoms with Crippen LogP contribution in [0.1, 0.15) is 72.5 Å². The van der Waals surface area contributed by atoms with Crippen LogP contribution in [0.15, 0.2) is 30.5 Å². The predicted molar refractivity (Wildman–Crippen MR) is 86.0 cm³/mol. The standard InChI is InChI=1S/C18H22N2O2/c1-11(2)15-10-19-16(12(3)4)17(20(15)22)18(21)14-8-6-13(5)7-9-14/h6-12H,1-5H3. The average molecular weight is 298 g/mol. The third-order valence-corrected chi connectivity index (χ3v) is 3.68. The molecule has 2 aromatic rings. The van der Waals surface area contributed by atoms with E-state index in [1.165, 1.54) is 0 Å². The fourth-order valence-corrected chi connectivity index (χ4v) is 2.34. The van der Waals surface area contributed by atoms with Crippen LogP contribution in [0.5, 0.6) is 0 Å². The average Bonchev–Trinajstić information content (AvgIpc) is 2.46. The first-order valence-electron chi connectivity index (χ1n) is 7.56. The predicted octanol–water partition coefficient (Wildman–Crippen LogP) is 3.50. The van der Waals surface area contributed by atoms with Crippen LogP contribution in [0.25, 0.3) is 0 Å². The van der Waals surface area contributed by atoms with Crippen molar-refractivity contribution in [1.82, 2.24) is 4.98 Å². The Bertz CT molecular complexity index is 689. The zero-order valence-electron chi connectivity index (χ0n) is 13.8. The van der Waals surface area contributed by atoms with Crippen molar-refractivity contribution in [1.29, 1.82) is 0 Å². The molecule has 0 aliphatic rings. The van der Waals surface area contributed by atoms with E-state index in [4.69, 9.17) is 0 Å². The minimum absolute atomic E-state index is 0.00538. The molecule has 0 amide bonds.